The number of amides is 1. The maximum Gasteiger partial charge on any atom is 0.241 e. The molecule has 1 aromatic carbocycles. The largest absolute Gasteiger partial charge is 0.423 e. The predicted molar refractivity (Wildman–Crippen MR) is 90.9 cm³/mol. The van der Waals surface area contributed by atoms with Crippen molar-refractivity contribution in [3.63, 3.8) is 0 Å². The van der Waals surface area contributed by atoms with Gasteiger partial charge in [-0.05, 0) is 17.5 Å². The van der Waals surface area contributed by atoms with Gasteiger partial charge in [0.25, 0.3) is 0 Å². The van der Waals surface area contributed by atoms with Crippen LogP contribution in [0.25, 0.3) is 10.9 Å². The van der Waals surface area contributed by atoms with E-state index in [-0.39, 0.29) is 11.9 Å². The zero-order valence-electron chi connectivity index (χ0n) is 14.1. The van der Waals surface area contributed by atoms with Gasteiger partial charge in [-0.1, -0.05) is 18.2 Å². The minimum atomic E-state index is -0.302. The highest BCUT2D eigenvalue weighted by atomic mass is 16.5. The summed E-state index contributed by atoms with van der Waals surface area (Å²) in [7, 11) is 0. The summed E-state index contributed by atoms with van der Waals surface area (Å²) in [5.41, 5.74) is 1.14. The summed E-state index contributed by atoms with van der Waals surface area (Å²) in [6, 6.07) is 9.93. The van der Waals surface area contributed by atoms with Crippen molar-refractivity contribution in [1.82, 2.24) is 19.7 Å². The quantitative estimate of drug-likeness (QED) is 0.729. The van der Waals surface area contributed by atoms with Crippen LogP contribution >= 0.6 is 0 Å². The van der Waals surface area contributed by atoms with Crippen molar-refractivity contribution in [2.24, 2.45) is 0 Å². The molecule has 3 aromatic rings. The number of aromatic nitrogens is 3. The van der Waals surface area contributed by atoms with E-state index in [2.05, 4.69) is 33.0 Å². The Kier molecular flexibility index (Phi) is 4.23. The number of benzene rings is 1. The average Bonchev–Trinajstić information content (AvgIpc) is 3.26. The summed E-state index contributed by atoms with van der Waals surface area (Å²) in [6.45, 7) is 3.84. The fourth-order valence-corrected chi connectivity index (χ4v) is 3.25. The van der Waals surface area contributed by atoms with Crippen molar-refractivity contribution in [2.75, 3.05) is 19.8 Å². The van der Waals surface area contributed by atoms with Crippen molar-refractivity contribution in [1.29, 1.82) is 0 Å². The molecule has 0 bridgehead atoms. The molecule has 0 aliphatic carbocycles. The van der Waals surface area contributed by atoms with Crippen LogP contribution in [-0.2, 0) is 16.1 Å². The lowest BCUT2D eigenvalue weighted by molar-refractivity contribution is -0.141. The highest BCUT2D eigenvalue weighted by Gasteiger charge is 2.32. The first-order chi connectivity index (χ1) is 12.2. The molecular weight excluding hydrogens is 320 g/mol. The molecule has 1 amide bonds. The molecule has 2 aromatic heterocycles. The van der Waals surface area contributed by atoms with Crippen LogP contribution in [0.1, 0.15) is 24.2 Å². The third-order valence-electron chi connectivity index (χ3n) is 4.52. The van der Waals surface area contributed by atoms with Crippen LogP contribution in [0.4, 0.5) is 0 Å². The third-order valence-corrected chi connectivity index (χ3v) is 4.52. The second-order valence-electron chi connectivity index (χ2n) is 6.16. The molecule has 0 unspecified atom stereocenters. The van der Waals surface area contributed by atoms with E-state index in [4.69, 9.17) is 9.15 Å². The number of nitrogens with zero attached hydrogens (tertiary/aromatic N) is 4. The number of fused-ring (bicyclic) bond motifs is 1. The summed E-state index contributed by atoms with van der Waals surface area (Å²) in [4.78, 5) is 14.6. The smallest absolute Gasteiger partial charge is 0.241 e. The summed E-state index contributed by atoms with van der Waals surface area (Å²) >= 11 is 0. The van der Waals surface area contributed by atoms with Crippen molar-refractivity contribution in [2.45, 2.75) is 25.9 Å². The molecule has 1 saturated heterocycles. The van der Waals surface area contributed by atoms with Gasteiger partial charge in [0, 0.05) is 38.1 Å². The van der Waals surface area contributed by atoms with E-state index < -0.39 is 0 Å². The molecule has 25 heavy (non-hydrogen) atoms. The predicted octanol–water partition coefficient (Wildman–Crippen LogP) is 2.32. The summed E-state index contributed by atoms with van der Waals surface area (Å²) in [6.07, 6.45) is 2.44. The molecule has 1 fully saturated rings. The van der Waals surface area contributed by atoms with E-state index in [0.717, 1.165) is 5.52 Å². The van der Waals surface area contributed by atoms with Crippen LogP contribution in [0.3, 0.4) is 0 Å². The lowest BCUT2D eigenvalue weighted by atomic mass is 10.2. The maximum absolute atomic E-state index is 12.8. The summed E-state index contributed by atoms with van der Waals surface area (Å²) in [5.74, 6) is 1.01. The van der Waals surface area contributed by atoms with Gasteiger partial charge in [0.1, 0.15) is 6.04 Å². The molecule has 3 heterocycles. The Labute approximate surface area is 145 Å². The van der Waals surface area contributed by atoms with Crippen LogP contribution in [-0.4, -0.2) is 45.3 Å². The zero-order chi connectivity index (χ0) is 17.2. The molecule has 7 heteroatoms. The van der Waals surface area contributed by atoms with E-state index in [9.17, 15) is 4.79 Å². The first-order valence-electron chi connectivity index (χ1n) is 8.43. The number of morpholine rings is 1. The van der Waals surface area contributed by atoms with Gasteiger partial charge in [-0.3, -0.25) is 4.79 Å². The number of aryl methyl sites for hydroxylation is 2. The molecule has 0 radical (unpaired) electrons. The molecule has 1 aliphatic rings. The van der Waals surface area contributed by atoms with E-state index in [1.807, 2.05) is 18.3 Å². The maximum atomic E-state index is 12.8. The number of ether oxygens (including phenoxy) is 1. The normalized spacial score (nSPS) is 18.0. The third kappa shape index (κ3) is 3.15. The first-order valence-corrected chi connectivity index (χ1v) is 8.43. The highest BCUT2D eigenvalue weighted by molar-refractivity contribution is 5.80. The van der Waals surface area contributed by atoms with Crippen molar-refractivity contribution in [3.05, 3.63) is 48.3 Å². The number of carbonyl (C=O) groups excluding carboxylic acids is 1. The molecule has 4 rings (SSSR count). The molecule has 0 N–H and O–H groups in total. The first kappa shape index (κ1) is 15.8. The van der Waals surface area contributed by atoms with Crippen molar-refractivity contribution >= 4 is 16.8 Å². The molecule has 0 spiro atoms. The van der Waals surface area contributed by atoms with Gasteiger partial charge < -0.3 is 18.6 Å². The van der Waals surface area contributed by atoms with Gasteiger partial charge in [0.15, 0.2) is 0 Å². The van der Waals surface area contributed by atoms with Gasteiger partial charge in [0.2, 0.25) is 17.7 Å². The van der Waals surface area contributed by atoms with Crippen molar-refractivity contribution in [3.8, 4) is 0 Å². The van der Waals surface area contributed by atoms with Gasteiger partial charge in [-0.15, -0.1) is 10.2 Å². The Morgan fingerprint density at radius 3 is 3.00 bits per heavy atom. The van der Waals surface area contributed by atoms with Gasteiger partial charge in [0.05, 0.1) is 13.2 Å². The Hall–Kier alpha value is -2.67. The Morgan fingerprint density at radius 2 is 2.16 bits per heavy atom. The summed E-state index contributed by atoms with van der Waals surface area (Å²) < 4.78 is 13.1. The van der Waals surface area contributed by atoms with Crippen LogP contribution < -0.4 is 0 Å². The number of hydrogen-bond donors (Lipinski definition) is 0. The fourth-order valence-electron chi connectivity index (χ4n) is 3.25. The topological polar surface area (TPSA) is 73.4 Å². The van der Waals surface area contributed by atoms with E-state index in [1.54, 1.807) is 11.8 Å². The lowest BCUT2D eigenvalue weighted by Gasteiger charge is -2.33. The molecule has 1 atom stereocenters. The van der Waals surface area contributed by atoms with Crippen molar-refractivity contribution < 1.29 is 13.9 Å². The second kappa shape index (κ2) is 6.68. The minimum Gasteiger partial charge on any atom is -0.423 e. The number of carbonyl (C=O) groups is 1. The monoisotopic (exact) mass is 340 g/mol. The van der Waals surface area contributed by atoms with E-state index >= 15 is 0 Å². The Bertz CT molecular complexity index is 885. The van der Waals surface area contributed by atoms with E-state index in [1.165, 1.54) is 5.39 Å². The van der Waals surface area contributed by atoms with Crippen LogP contribution in [0.5, 0.6) is 0 Å². The van der Waals surface area contributed by atoms with E-state index in [0.29, 0.717) is 44.5 Å². The van der Waals surface area contributed by atoms with Crippen LogP contribution in [0, 0.1) is 6.92 Å². The average molecular weight is 340 g/mol. The molecule has 7 nitrogen and oxygen atoms in total. The zero-order valence-corrected chi connectivity index (χ0v) is 14.1. The Morgan fingerprint density at radius 1 is 1.28 bits per heavy atom. The molecule has 130 valence electrons. The number of para-hydroxylation sites is 1. The van der Waals surface area contributed by atoms with Crippen LogP contribution in [0.2, 0.25) is 0 Å². The molecule has 0 saturated carbocycles. The standard InChI is InChI=1S/C18H20N4O3/c1-13-19-20-18(25-13)16-12-24-11-10-22(16)17(23)7-9-21-8-6-14-4-2-3-5-15(14)21/h2-6,8,16H,7,9-12H2,1H3/t16-/m0/s1. The minimum absolute atomic E-state index is 0.0712. The SMILES string of the molecule is Cc1nnc([C@@H]2COCCN2C(=O)CCn2ccc3ccccc32)o1. The highest BCUT2D eigenvalue weighted by Crippen LogP contribution is 2.24. The second-order valence-corrected chi connectivity index (χ2v) is 6.16. The molecular formula is C18H20N4O3. The number of rotatable bonds is 4. The molecule has 1 aliphatic heterocycles. The van der Waals surface area contributed by atoms with Gasteiger partial charge >= 0.3 is 0 Å². The lowest BCUT2D eigenvalue weighted by Crippen LogP contribution is -2.43. The Balaban J connectivity index is 1.47. The van der Waals surface area contributed by atoms with Gasteiger partial charge in [-0.25, -0.2) is 0 Å². The van der Waals surface area contributed by atoms with Gasteiger partial charge in [-0.2, -0.15) is 0 Å². The summed E-state index contributed by atoms with van der Waals surface area (Å²) in [5, 5.41) is 9.10. The number of hydrogen-bond acceptors (Lipinski definition) is 5. The fraction of sp³-hybridized carbons (Fsp3) is 0.389. The van der Waals surface area contributed by atoms with Crippen LogP contribution in [0.15, 0.2) is 40.9 Å².